The third-order valence-electron chi connectivity index (χ3n) is 6.34. The van der Waals surface area contributed by atoms with Gasteiger partial charge in [0.15, 0.2) is 12.2 Å². The summed E-state index contributed by atoms with van der Waals surface area (Å²) in [6.07, 6.45) is 0.529. The van der Waals surface area contributed by atoms with E-state index in [-0.39, 0.29) is 12.5 Å². The summed E-state index contributed by atoms with van der Waals surface area (Å²) in [5, 5.41) is 0. The first-order chi connectivity index (χ1) is 17.2. The van der Waals surface area contributed by atoms with E-state index in [2.05, 4.69) is 0 Å². The Morgan fingerprint density at radius 2 is 1.54 bits per heavy atom. The van der Waals surface area contributed by atoms with E-state index in [0.29, 0.717) is 24.5 Å². The summed E-state index contributed by atoms with van der Waals surface area (Å²) in [5.74, 6) is 0.646. The lowest BCUT2D eigenvalue weighted by Gasteiger charge is -2.31. The van der Waals surface area contributed by atoms with Gasteiger partial charge in [-0.3, -0.25) is 9.69 Å². The molecular formula is C28H41NO8. The number of hydrogen-bond acceptors (Lipinski definition) is 8. The van der Waals surface area contributed by atoms with E-state index < -0.39 is 41.7 Å². The molecule has 1 amide bonds. The van der Waals surface area contributed by atoms with E-state index in [1.165, 1.54) is 4.90 Å². The Balaban J connectivity index is 1.89. The van der Waals surface area contributed by atoms with Gasteiger partial charge in [0.25, 0.3) is 0 Å². The molecule has 1 aromatic carbocycles. The molecule has 0 aromatic heterocycles. The van der Waals surface area contributed by atoms with Crippen LogP contribution in [0.25, 0.3) is 0 Å². The SMILES string of the molecule is COc1ccc(C[C@@H]2[C@H](OC(=O)CC3CCC3)[C@@H](OC(=O)OC(C)(C)C)CN2C(=O)OC(C)(C)C)cc1. The summed E-state index contributed by atoms with van der Waals surface area (Å²) >= 11 is 0. The summed E-state index contributed by atoms with van der Waals surface area (Å²) in [5.41, 5.74) is -0.598. The summed E-state index contributed by atoms with van der Waals surface area (Å²) in [6.45, 7) is 10.6. The second-order valence-electron chi connectivity index (χ2n) is 11.8. The molecule has 0 radical (unpaired) electrons. The number of amides is 1. The average molecular weight is 520 g/mol. The number of esters is 1. The van der Waals surface area contributed by atoms with E-state index in [1.807, 2.05) is 24.3 Å². The molecule has 1 aliphatic heterocycles. The highest BCUT2D eigenvalue weighted by atomic mass is 16.7. The van der Waals surface area contributed by atoms with Gasteiger partial charge >= 0.3 is 18.2 Å². The maximum atomic E-state index is 13.3. The normalized spacial score (nSPS) is 22.1. The lowest BCUT2D eigenvalue weighted by atomic mass is 9.83. The number of likely N-dealkylation sites (tertiary alicyclic amines) is 1. The van der Waals surface area contributed by atoms with E-state index in [4.69, 9.17) is 23.7 Å². The molecule has 3 atom stereocenters. The van der Waals surface area contributed by atoms with Crippen molar-refractivity contribution in [3.63, 3.8) is 0 Å². The molecule has 206 valence electrons. The number of hydrogen-bond donors (Lipinski definition) is 0. The zero-order chi connectivity index (χ0) is 27.4. The molecule has 0 spiro atoms. The molecule has 1 aliphatic carbocycles. The number of carbonyl (C=O) groups is 3. The van der Waals surface area contributed by atoms with E-state index in [0.717, 1.165) is 24.8 Å². The summed E-state index contributed by atoms with van der Waals surface area (Å²) in [6, 6.07) is 6.83. The zero-order valence-electron chi connectivity index (χ0n) is 23.1. The van der Waals surface area contributed by atoms with Gasteiger partial charge in [0.1, 0.15) is 17.0 Å². The molecule has 3 rings (SSSR count). The van der Waals surface area contributed by atoms with Crippen molar-refractivity contribution in [2.45, 2.75) is 103 Å². The Bertz CT molecular complexity index is 942. The van der Waals surface area contributed by atoms with Crippen LogP contribution in [0.5, 0.6) is 5.75 Å². The molecule has 0 N–H and O–H groups in total. The summed E-state index contributed by atoms with van der Waals surface area (Å²) in [7, 11) is 1.59. The van der Waals surface area contributed by atoms with Gasteiger partial charge in [0.2, 0.25) is 0 Å². The minimum atomic E-state index is -0.907. The highest BCUT2D eigenvalue weighted by Crippen LogP contribution is 2.33. The smallest absolute Gasteiger partial charge is 0.497 e. The Kier molecular flexibility index (Phi) is 8.97. The van der Waals surface area contributed by atoms with Crippen LogP contribution in [-0.2, 0) is 30.2 Å². The van der Waals surface area contributed by atoms with Crippen LogP contribution in [0.1, 0.15) is 72.8 Å². The van der Waals surface area contributed by atoms with E-state index >= 15 is 0 Å². The Labute approximate surface area is 219 Å². The monoisotopic (exact) mass is 519 g/mol. The first-order valence-corrected chi connectivity index (χ1v) is 13.0. The quantitative estimate of drug-likeness (QED) is 0.354. The second-order valence-corrected chi connectivity index (χ2v) is 11.8. The van der Waals surface area contributed by atoms with Crippen molar-refractivity contribution in [1.29, 1.82) is 0 Å². The van der Waals surface area contributed by atoms with Gasteiger partial charge in [-0.25, -0.2) is 9.59 Å². The third-order valence-corrected chi connectivity index (χ3v) is 6.34. The van der Waals surface area contributed by atoms with Gasteiger partial charge in [-0.05, 0) is 84.4 Å². The van der Waals surface area contributed by atoms with Crippen LogP contribution in [0, 0.1) is 5.92 Å². The van der Waals surface area contributed by atoms with Crippen molar-refractivity contribution in [3.05, 3.63) is 29.8 Å². The molecule has 1 heterocycles. The lowest BCUT2D eigenvalue weighted by Crippen LogP contribution is -2.45. The second kappa shape index (κ2) is 11.6. The molecule has 1 saturated carbocycles. The van der Waals surface area contributed by atoms with Crippen molar-refractivity contribution < 1.29 is 38.1 Å². The highest BCUT2D eigenvalue weighted by molar-refractivity contribution is 5.72. The molecule has 37 heavy (non-hydrogen) atoms. The number of carbonyl (C=O) groups excluding carboxylic acids is 3. The first kappa shape index (κ1) is 28.6. The molecular weight excluding hydrogens is 478 g/mol. The van der Waals surface area contributed by atoms with Crippen molar-refractivity contribution in [3.8, 4) is 5.75 Å². The number of rotatable bonds is 7. The first-order valence-electron chi connectivity index (χ1n) is 13.0. The van der Waals surface area contributed by atoms with Gasteiger partial charge in [-0.15, -0.1) is 0 Å². The van der Waals surface area contributed by atoms with Gasteiger partial charge in [-0.2, -0.15) is 0 Å². The molecule has 0 bridgehead atoms. The van der Waals surface area contributed by atoms with Gasteiger partial charge in [-0.1, -0.05) is 18.6 Å². The predicted octanol–water partition coefficient (Wildman–Crippen LogP) is 5.28. The highest BCUT2D eigenvalue weighted by Gasteiger charge is 2.50. The maximum Gasteiger partial charge on any atom is 0.509 e. The third kappa shape index (κ3) is 8.54. The van der Waals surface area contributed by atoms with Crippen molar-refractivity contribution in [2.75, 3.05) is 13.7 Å². The van der Waals surface area contributed by atoms with E-state index in [1.54, 1.807) is 48.7 Å². The largest absolute Gasteiger partial charge is 0.509 e. The van der Waals surface area contributed by atoms with Crippen LogP contribution < -0.4 is 4.74 Å². The van der Waals surface area contributed by atoms with Gasteiger partial charge < -0.3 is 23.7 Å². The number of nitrogens with zero attached hydrogens (tertiary/aromatic N) is 1. The fourth-order valence-electron chi connectivity index (χ4n) is 4.41. The molecule has 1 aromatic rings. The Hall–Kier alpha value is -2.97. The molecule has 0 unspecified atom stereocenters. The van der Waals surface area contributed by atoms with Crippen molar-refractivity contribution in [2.24, 2.45) is 5.92 Å². The maximum absolute atomic E-state index is 13.3. The van der Waals surface area contributed by atoms with Crippen LogP contribution in [-0.4, -0.2) is 66.2 Å². The molecule has 2 fully saturated rings. The van der Waals surface area contributed by atoms with Crippen LogP contribution in [0.15, 0.2) is 24.3 Å². The topological polar surface area (TPSA) is 101 Å². The van der Waals surface area contributed by atoms with Gasteiger partial charge in [0, 0.05) is 6.42 Å². The van der Waals surface area contributed by atoms with Gasteiger partial charge in [0.05, 0.1) is 19.7 Å². The fourth-order valence-corrected chi connectivity index (χ4v) is 4.41. The Morgan fingerprint density at radius 1 is 0.919 bits per heavy atom. The van der Waals surface area contributed by atoms with Crippen LogP contribution >= 0.6 is 0 Å². The molecule has 1 saturated heterocycles. The van der Waals surface area contributed by atoms with E-state index in [9.17, 15) is 14.4 Å². The molecule has 2 aliphatic rings. The number of ether oxygens (including phenoxy) is 5. The minimum Gasteiger partial charge on any atom is -0.497 e. The van der Waals surface area contributed by atoms with Crippen molar-refractivity contribution >= 4 is 18.2 Å². The summed E-state index contributed by atoms with van der Waals surface area (Å²) < 4.78 is 27.9. The number of benzene rings is 1. The zero-order valence-corrected chi connectivity index (χ0v) is 23.1. The van der Waals surface area contributed by atoms with Crippen LogP contribution in [0.3, 0.4) is 0 Å². The fraction of sp³-hybridized carbons (Fsp3) is 0.679. The average Bonchev–Trinajstić information content (AvgIpc) is 3.05. The van der Waals surface area contributed by atoms with Crippen LogP contribution in [0.2, 0.25) is 0 Å². The lowest BCUT2D eigenvalue weighted by molar-refractivity contribution is -0.157. The Morgan fingerprint density at radius 3 is 2.05 bits per heavy atom. The molecule has 9 nitrogen and oxygen atoms in total. The predicted molar refractivity (Wildman–Crippen MR) is 136 cm³/mol. The summed E-state index contributed by atoms with van der Waals surface area (Å²) in [4.78, 5) is 40.2. The van der Waals surface area contributed by atoms with Crippen molar-refractivity contribution in [1.82, 2.24) is 4.90 Å². The minimum absolute atomic E-state index is 0.0103. The number of methoxy groups -OCH3 is 1. The molecule has 9 heteroatoms. The van der Waals surface area contributed by atoms with Crippen LogP contribution in [0.4, 0.5) is 9.59 Å². The standard InChI is InChI=1S/C28H41NO8/c1-27(2,3)36-25(31)29-17-22(34-26(32)37-28(4,5)6)24(35-23(30)16-18-9-8-10-18)21(29)15-19-11-13-20(33-7)14-12-19/h11-14,18,21-22,24H,8-10,15-17H2,1-7H3/t21-,22+,24+/m1/s1.